The number of carbonyl (C=O) groups is 1. The van der Waals surface area contributed by atoms with Gasteiger partial charge in [0, 0.05) is 24.7 Å². The van der Waals surface area contributed by atoms with Crippen molar-refractivity contribution in [1.82, 2.24) is 4.90 Å². The quantitative estimate of drug-likeness (QED) is 0.833. The molecule has 16 heavy (non-hydrogen) atoms. The van der Waals surface area contributed by atoms with E-state index in [1.807, 2.05) is 36.1 Å². The summed E-state index contributed by atoms with van der Waals surface area (Å²) in [6.07, 6.45) is 2.25. The lowest BCUT2D eigenvalue weighted by molar-refractivity contribution is 0.0748. The van der Waals surface area contributed by atoms with Gasteiger partial charge in [-0.05, 0) is 31.9 Å². The summed E-state index contributed by atoms with van der Waals surface area (Å²) < 4.78 is 0. The highest BCUT2D eigenvalue weighted by Gasteiger charge is 2.32. The van der Waals surface area contributed by atoms with Crippen molar-refractivity contribution in [1.29, 1.82) is 0 Å². The van der Waals surface area contributed by atoms with E-state index in [2.05, 4.69) is 0 Å². The van der Waals surface area contributed by atoms with E-state index >= 15 is 0 Å². The number of benzene rings is 1. The maximum Gasteiger partial charge on any atom is 0.254 e. The molecule has 0 bridgehead atoms. The summed E-state index contributed by atoms with van der Waals surface area (Å²) in [6.45, 7) is 3.20. The lowest BCUT2D eigenvalue weighted by Crippen LogP contribution is -2.37. The van der Waals surface area contributed by atoms with Gasteiger partial charge in [0.05, 0.1) is 0 Å². The maximum atomic E-state index is 12.2. The predicted molar refractivity (Wildman–Crippen MR) is 64.3 cm³/mol. The molecule has 2 rings (SSSR count). The monoisotopic (exact) mass is 218 g/mol. The summed E-state index contributed by atoms with van der Waals surface area (Å²) >= 11 is 0. The molecule has 0 unspecified atom stereocenters. The first-order valence-corrected chi connectivity index (χ1v) is 5.80. The average Bonchev–Trinajstić information content (AvgIpc) is 3.09. The van der Waals surface area contributed by atoms with Crippen LogP contribution in [0.5, 0.6) is 0 Å². The zero-order valence-corrected chi connectivity index (χ0v) is 9.65. The second kappa shape index (κ2) is 4.66. The van der Waals surface area contributed by atoms with Gasteiger partial charge in [-0.1, -0.05) is 17.7 Å². The van der Waals surface area contributed by atoms with E-state index < -0.39 is 0 Å². The smallest absolute Gasteiger partial charge is 0.254 e. The molecule has 1 saturated carbocycles. The van der Waals surface area contributed by atoms with Gasteiger partial charge in [-0.25, -0.2) is 0 Å². The van der Waals surface area contributed by atoms with Crippen molar-refractivity contribution in [3.63, 3.8) is 0 Å². The van der Waals surface area contributed by atoms with Crippen LogP contribution in [0.25, 0.3) is 0 Å². The summed E-state index contributed by atoms with van der Waals surface area (Å²) in [5, 5.41) is 0. The summed E-state index contributed by atoms with van der Waals surface area (Å²) in [4.78, 5) is 14.2. The second-order valence-electron chi connectivity index (χ2n) is 4.39. The number of aryl methyl sites for hydroxylation is 1. The van der Waals surface area contributed by atoms with Gasteiger partial charge in [0.1, 0.15) is 0 Å². The van der Waals surface area contributed by atoms with Crippen LogP contribution < -0.4 is 5.73 Å². The Kier molecular flexibility index (Phi) is 3.25. The van der Waals surface area contributed by atoms with E-state index in [0.29, 0.717) is 19.1 Å². The van der Waals surface area contributed by atoms with Crippen molar-refractivity contribution >= 4 is 5.91 Å². The zero-order valence-electron chi connectivity index (χ0n) is 9.65. The third-order valence-electron chi connectivity index (χ3n) is 2.88. The topological polar surface area (TPSA) is 46.3 Å². The van der Waals surface area contributed by atoms with Crippen LogP contribution in [-0.4, -0.2) is 29.9 Å². The lowest BCUT2D eigenvalue weighted by Gasteiger charge is -2.21. The number of amides is 1. The minimum atomic E-state index is 0.122. The van der Waals surface area contributed by atoms with Crippen LogP contribution in [-0.2, 0) is 0 Å². The number of carbonyl (C=O) groups excluding carboxylic acids is 1. The van der Waals surface area contributed by atoms with Crippen molar-refractivity contribution < 1.29 is 4.79 Å². The van der Waals surface area contributed by atoms with Crippen LogP contribution in [0.2, 0.25) is 0 Å². The van der Waals surface area contributed by atoms with E-state index in [0.717, 1.165) is 24.0 Å². The van der Waals surface area contributed by atoms with Crippen molar-refractivity contribution in [2.24, 2.45) is 5.73 Å². The molecule has 1 aromatic carbocycles. The Hall–Kier alpha value is -1.35. The van der Waals surface area contributed by atoms with Gasteiger partial charge >= 0.3 is 0 Å². The molecule has 0 atom stereocenters. The Labute approximate surface area is 96.2 Å². The molecule has 1 fully saturated rings. The zero-order chi connectivity index (χ0) is 11.5. The highest BCUT2D eigenvalue weighted by atomic mass is 16.2. The Morgan fingerprint density at radius 1 is 1.50 bits per heavy atom. The van der Waals surface area contributed by atoms with Gasteiger partial charge in [-0.15, -0.1) is 0 Å². The molecule has 3 nitrogen and oxygen atoms in total. The SMILES string of the molecule is Cc1cccc(C(=O)N(CCN)C2CC2)c1. The molecule has 0 heterocycles. The van der Waals surface area contributed by atoms with E-state index in [-0.39, 0.29) is 5.91 Å². The largest absolute Gasteiger partial charge is 0.334 e. The van der Waals surface area contributed by atoms with E-state index in [4.69, 9.17) is 5.73 Å². The van der Waals surface area contributed by atoms with Gasteiger partial charge < -0.3 is 10.6 Å². The molecule has 0 spiro atoms. The standard InChI is InChI=1S/C13H18N2O/c1-10-3-2-4-11(9-10)13(16)15(8-7-14)12-5-6-12/h2-4,9,12H,5-8,14H2,1H3. The van der Waals surface area contributed by atoms with Gasteiger partial charge in [0.25, 0.3) is 5.91 Å². The summed E-state index contributed by atoms with van der Waals surface area (Å²) in [5.41, 5.74) is 7.44. The maximum absolute atomic E-state index is 12.2. The molecule has 3 heteroatoms. The summed E-state index contributed by atoms with van der Waals surface area (Å²) in [6, 6.07) is 8.17. The van der Waals surface area contributed by atoms with Crippen molar-refractivity contribution in [3.05, 3.63) is 35.4 Å². The number of hydrogen-bond acceptors (Lipinski definition) is 2. The van der Waals surface area contributed by atoms with Gasteiger partial charge in [0.15, 0.2) is 0 Å². The summed E-state index contributed by atoms with van der Waals surface area (Å²) in [7, 11) is 0. The fraction of sp³-hybridized carbons (Fsp3) is 0.462. The first-order chi connectivity index (χ1) is 7.72. The number of rotatable bonds is 4. The third kappa shape index (κ3) is 2.42. The second-order valence-corrected chi connectivity index (χ2v) is 4.39. The van der Waals surface area contributed by atoms with E-state index in [1.54, 1.807) is 0 Å². The van der Waals surface area contributed by atoms with Gasteiger partial charge in [-0.3, -0.25) is 4.79 Å². The fourth-order valence-corrected chi connectivity index (χ4v) is 1.92. The van der Waals surface area contributed by atoms with Gasteiger partial charge in [-0.2, -0.15) is 0 Å². The highest BCUT2D eigenvalue weighted by molar-refractivity contribution is 5.94. The predicted octanol–water partition coefficient (Wildman–Crippen LogP) is 1.56. The van der Waals surface area contributed by atoms with Crippen LogP contribution in [0.3, 0.4) is 0 Å². The Morgan fingerprint density at radius 2 is 2.25 bits per heavy atom. The molecule has 0 radical (unpaired) electrons. The van der Waals surface area contributed by atoms with Crippen LogP contribution >= 0.6 is 0 Å². The van der Waals surface area contributed by atoms with Crippen LogP contribution in [0.4, 0.5) is 0 Å². The van der Waals surface area contributed by atoms with Crippen LogP contribution in [0.15, 0.2) is 24.3 Å². The van der Waals surface area contributed by atoms with E-state index in [9.17, 15) is 4.79 Å². The number of hydrogen-bond donors (Lipinski definition) is 1. The first-order valence-electron chi connectivity index (χ1n) is 5.80. The van der Waals surface area contributed by atoms with Crippen molar-refractivity contribution in [2.75, 3.05) is 13.1 Å². The van der Waals surface area contributed by atoms with E-state index in [1.165, 1.54) is 0 Å². The molecule has 1 aliphatic rings. The molecule has 86 valence electrons. The normalized spacial score (nSPS) is 14.9. The lowest BCUT2D eigenvalue weighted by atomic mass is 10.1. The Morgan fingerprint density at radius 3 is 2.81 bits per heavy atom. The number of nitrogens with zero attached hydrogens (tertiary/aromatic N) is 1. The molecule has 0 aliphatic heterocycles. The molecular formula is C13H18N2O. The van der Waals surface area contributed by atoms with Crippen LogP contribution in [0.1, 0.15) is 28.8 Å². The molecule has 1 aliphatic carbocycles. The summed E-state index contributed by atoms with van der Waals surface area (Å²) in [5.74, 6) is 0.122. The van der Waals surface area contributed by atoms with Crippen molar-refractivity contribution in [3.8, 4) is 0 Å². The Balaban J connectivity index is 2.15. The molecule has 2 N–H and O–H groups in total. The van der Waals surface area contributed by atoms with Crippen molar-refractivity contribution in [2.45, 2.75) is 25.8 Å². The molecular weight excluding hydrogens is 200 g/mol. The van der Waals surface area contributed by atoms with Crippen LogP contribution in [0, 0.1) is 6.92 Å². The molecule has 1 aromatic rings. The third-order valence-corrected chi connectivity index (χ3v) is 2.88. The fourth-order valence-electron chi connectivity index (χ4n) is 1.92. The molecule has 1 amide bonds. The van der Waals surface area contributed by atoms with Gasteiger partial charge in [0.2, 0.25) is 0 Å². The minimum Gasteiger partial charge on any atom is -0.334 e. The minimum absolute atomic E-state index is 0.122. The Bertz CT molecular complexity index is 385. The molecule has 0 aromatic heterocycles. The molecule has 0 saturated heterocycles. The average molecular weight is 218 g/mol. The highest BCUT2D eigenvalue weighted by Crippen LogP contribution is 2.27. The first kappa shape index (κ1) is 11.1. The number of nitrogens with two attached hydrogens (primary N) is 1.